The number of benzene rings is 1. The second kappa shape index (κ2) is 6.99. The van der Waals surface area contributed by atoms with Crippen LogP contribution >= 0.6 is 0 Å². The zero-order valence-corrected chi connectivity index (χ0v) is 13.9. The summed E-state index contributed by atoms with van der Waals surface area (Å²) in [4.78, 5) is 38.8. The molecule has 2 amide bonds. The largest absolute Gasteiger partial charge is 0.465 e. The van der Waals surface area contributed by atoms with Gasteiger partial charge in [-0.2, -0.15) is 0 Å². The summed E-state index contributed by atoms with van der Waals surface area (Å²) in [5.41, 5.74) is 2.61. The molecule has 0 saturated carbocycles. The number of methoxy groups -OCH3 is 1. The fraction of sp³-hybridized carbons (Fsp3) is 0.235. The molecule has 0 radical (unpaired) electrons. The quantitative estimate of drug-likeness (QED) is 0.747. The highest BCUT2D eigenvalue weighted by molar-refractivity contribution is 6.07. The van der Waals surface area contributed by atoms with Gasteiger partial charge in [-0.1, -0.05) is 6.07 Å². The molecule has 1 aromatic heterocycles. The summed E-state index contributed by atoms with van der Waals surface area (Å²) < 4.78 is 4.73. The number of aromatic nitrogens is 1. The van der Waals surface area contributed by atoms with E-state index in [0.717, 1.165) is 0 Å². The normalized spacial score (nSPS) is 10.2. The number of nitrogens with one attached hydrogen (secondary N) is 3. The molecule has 0 saturated heterocycles. The van der Waals surface area contributed by atoms with Crippen molar-refractivity contribution in [3.8, 4) is 0 Å². The first kappa shape index (κ1) is 17.3. The van der Waals surface area contributed by atoms with Gasteiger partial charge in [0.25, 0.3) is 11.8 Å². The highest BCUT2D eigenvalue weighted by Gasteiger charge is 2.22. The Balaban J connectivity index is 2.28. The maximum absolute atomic E-state index is 12.5. The van der Waals surface area contributed by atoms with Gasteiger partial charge in [-0.25, -0.2) is 4.79 Å². The lowest BCUT2D eigenvalue weighted by molar-refractivity contribution is 0.0599. The molecular weight excluding hydrogens is 310 g/mol. The van der Waals surface area contributed by atoms with E-state index < -0.39 is 11.9 Å². The average Bonchev–Trinajstić information content (AvgIpc) is 2.88. The van der Waals surface area contributed by atoms with Gasteiger partial charge < -0.3 is 20.4 Å². The third-order valence-electron chi connectivity index (χ3n) is 3.66. The third kappa shape index (κ3) is 3.29. The molecule has 0 fully saturated rings. The molecule has 1 heterocycles. The Labute approximate surface area is 139 Å². The molecule has 0 atom stereocenters. The van der Waals surface area contributed by atoms with Crippen LogP contribution in [0.15, 0.2) is 24.3 Å². The SMILES string of the molecule is CNC(=O)c1cccc(NC(=O)c2[nH]c(C)c(C(=O)OC)c2C)c1. The molecule has 0 aliphatic rings. The van der Waals surface area contributed by atoms with Crippen LogP contribution in [-0.4, -0.2) is 36.9 Å². The van der Waals surface area contributed by atoms with Crippen LogP contribution in [0.25, 0.3) is 0 Å². The minimum absolute atomic E-state index is 0.244. The summed E-state index contributed by atoms with van der Waals surface area (Å²) in [5.74, 6) is -1.15. The molecule has 1 aromatic carbocycles. The van der Waals surface area contributed by atoms with Crippen LogP contribution < -0.4 is 10.6 Å². The van der Waals surface area contributed by atoms with Crippen molar-refractivity contribution in [3.63, 3.8) is 0 Å². The van der Waals surface area contributed by atoms with Gasteiger partial charge in [-0.15, -0.1) is 0 Å². The van der Waals surface area contributed by atoms with Crippen LogP contribution in [-0.2, 0) is 4.74 Å². The Bertz CT molecular complexity index is 808. The number of esters is 1. The topological polar surface area (TPSA) is 100 Å². The van der Waals surface area contributed by atoms with E-state index in [1.54, 1.807) is 38.1 Å². The minimum Gasteiger partial charge on any atom is -0.465 e. The van der Waals surface area contributed by atoms with Crippen LogP contribution in [0.5, 0.6) is 0 Å². The van der Waals surface area contributed by atoms with Gasteiger partial charge in [-0.3, -0.25) is 9.59 Å². The van der Waals surface area contributed by atoms with Gasteiger partial charge in [0.15, 0.2) is 0 Å². The molecule has 7 nitrogen and oxygen atoms in total. The Morgan fingerprint density at radius 3 is 2.46 bits per heavy atom. The van der Waals surface area contributed by atoms with E-state index in [9.17, 15) is 14.4 Å². The van der Waals surface area contributed by atoms with Crippen molar-refractivity contribution in [3.05, 3.63) is 52.3 Å². The van der Waals surface area contributed by atoms with E-state index in [1.165, 1.54) is 14.2 Å². The van der Waals surface area contributed by atoms with Gasteiger partial charge in [-0.05, 0) is 37.6 Å². The standard InChI is InChI=1S/C17H19N3O4/c1-9-13(17(23)24-4)10(2)19-14(9)16(22)20-12-7-5-6-11(8-12)15(21)18-3/h5-8,19H,1-4H3,(H,18,21)(H,20,22). The summed E-state index contributed by atoms with van der Waals surface area (Å²) >= 11 is 0. The number of hydrogen-bond donors (Lipinski definition) is 3. The van der Waals surface area contributed by atoms with Crippen LogP contribution in [0.3, 0.4) is 0 Å². The first-order valence-electron chi connectivity index (χ1n) is 7.30. The number of rotatable bonds is 4. The third-order valence-corrected chi connectivity index (χ3v) is 3.66. The maximum Gasteiger partial charge on any atom is 0.339 e. The van der Waals surface area contributed by atoms with Crippen LogP contribution in [0.2, 0.25) is 0 Å². The van der Waals surface area contributed by atoms with Gasteiger partial charge in [0.1, 0.15) is 5.69 Å². The number of aryl methyl sites for hydroxylation is 1. The molecule has 0 unspecified atom stereocenters. The van der Waals surface area contributed by atoms with Crippen molar-refractivity contribution in [1.82, 2.24) is 10.3 Å². The highest BCUT2D eigenvalue weighted by atomic mass is 16.5. The summed E-state index contributed by atoms with van der Waals surface area (Å²) in [6.07, 6.45) is 0. The molecule has 0 spiro atoms. The lowest BCUT2D eigenvalue weighted by atomic mass is 10.1. The van der Waals surface area contributed by atoms with Crippen molar-refractivity contribution in [2.24, 2.45) is 0 Å². The van der Waals surface area contributed by atoms with E-state index in [0.29, 0.717) is 28.1 Å². The summed E-state index contributed by atoms with van der Waals surface area (Å²) in [7, 11) is 2.82. The number of H-pyrrole nitrogens is 1. The van der Waals surface area contributed by atoms with Crippen LogP contribution in [0.4, 0.5) is 5.69 Å². The van der Waals surface area contributed by atoms with Crippen molar-refractivity contribution < 1.29 is 19.1 Å². The molecule has 2 aromatic rings. The van der Waals surface area contributed by atoms with Crippen molar-refractivity contribution in [2.45, 2.75) is 13.8 Å². The summed E-state index contributed by atoms with van der Waals surface area (Å²) in [5, 5.41) is 5.24. The Hall–Kier alpha value is -3.09. The average molecular weight is 329 g/mol. The highest BCUT2D eigenvalue weighted by Crippen LogP contribution is 2.20. The molecule has 3 N–H and O–H groups in total. The number of ether oxygens (including phenoxy) is 1. The fourth-order valence-corrected chi connectivity index (χ4v) is 2.46. The molecular formula is C17H19N3O4. The second-order valence-corrected chi connectivity index (χ2v) is 5.23. The van der Waals surface area contributed by atoms with E-state index in [2.05, 4.69) is 15.6 Å². The van der Waals surface area contributed by atoms with Gasteiger partial charge >= 0.3 is 5.97 Å². The predicted molar refractivity (Wildman–Crippen MR) is 89.4 cm³/mol. The van der Waals surface area contributed by atoms with E-state index in [4.69, 9.17) is 4.74 Å². The Kier molecular flexibility index (Phi) is 5.03. The van der Waals surface area contributed by atoms with E-state index in [-0.39, 0.29) is 11.6 Å². The minimum atomic E-state index is -0.498. The Morgan fingerprint density at radius 1 is 1.12 bits per heavy atom. The van der Waals surface area contributed by atoms with Crippen molar-refractivity contribution in [1.29, 1.82) is 0 Å². The summed E-state index contributed by atoms with van der Waals surface area (Å²) in [6.45, 7) is 3.37. The lowest BCUT2D eigenvalue weighted by Gasteiger charge is -2.07. The smallest absolute Gasteiger partial charge is 0.339 e. The second-order valence-electron chi connectivity index (χ2n) is 5.23. The fourth-order valence-electron chi connectivity index (χ4n) is 2.46. The Morgan fingerprint density at radius 2 is 1.83 bits per heavy atom. The van der Waals surface area contributed by atoms with Crippen molar-refractivity contribution in [2.75, 3.05) is 19.5 Å². The van der Waals surface area contributed by atoms with Gasteiger partial charge in [0, 0.05) is 24.0 Å². The number of hydrogen-bond acceptors (Lipinski definition) is 4. The van der Waals surface area contributed by atoms with Gasteiger partial charge in [0.2, 0.25) is 0 Å². The van der Waals surface area contributed by atoms with Crippen LogP contribution in [0.1, 0.15) is 42.5 Å². The zero-order chi connectivity index (χ0) is 17.9. The number of amides is 2. The first-order chi connectivity index (χ1) is 11.4. The summed E-state index contributed by atoms with van der Waals surface area (Å²) in [6, 6.07) is 6.57. The van der Waals surface area contributed by atoms with Crippen LogP contribution in [0, 0.1) is 13.8 Å². The molecule has 0 aliphatic heterocycles. The monoisotopic (exact) mass is 329 g/mol. The molecule has 0 aliphatic carbocycles. The van der Waals surface area contributed by atoms with E-state index >= 15 is 0 Å². The zero-order valence-electron chi connectivity index (χ0n) is 13.9. The molecule has 2 rings (SSSR count). The number of carbonyl (C=O) groups excluding carboxylic acids is 3. The van der Waals surface area contributed by atoms with Gasteiger partial charge in [0.05, 0.1) is 12.7 Å². The maximum atomic E-state index is 12.5. The number of anilines is 1. The molecule has 0 bridgehead atoms. The van der Waals surface area contributed by atoms with E-state index in [1.807, 2.05) is 0 Å². The molecule has 7 heteroatoms. The first-order valence-corrected chi connectivity index (χ1v) is 7.30. The van der Waals surface area contributed by atoms with Crippen molar-refractivity contribution >= 4 is 23.5 Å². The molecule has 126 valence electrons. The number of carbonyl (C=O) groups is 3. The molecule has 24 heavy (non-hydrogen) atoms. The lowest BCUT2D eigenvalue weighted by Crippen LogP contribution is -2.18. The number of aromatic amines is 1. The predicted octanol–water partition coefficient (Wildman–Crippen LogP) is 2.03.